The van der Waals surface area contributed by atoms with Gasteiger partial charge in [-0.2, -0.15) is 5.10 Å². The second kappa shape index (κ2) is 9.81. The predicted molar refractivity (Wildman–Crippen MR) is 119 cm³/mol. The number of nitrogens with zero attached hydrogens (tertiary/aromatic N) is 4. The Morgan fingerprint density at radius 1 is 1.10 bits per heavy atom. The highest BCUT2D eigenvalue weighted by molar-refractivity contribution is 5.96. The lowest BCUT2D eigenvalue weighted by Crippen LogP contribution is -2.44. The summed E-state index contributed by atoms with van der Waals surface area (Å²) in [5.74, 6) is -0.635. The van der Waals surface area contributed by atoms with Gasteiger partial charge in [0.05, 0.1) is 11.1 Å². The molecule has 0 unspecified atom stereocenters. The standard InChI is InChI=1S/C21H24N6O4/c1-15(28)23-18-6-4-17(5-7-18)21(29)24-22-14-16-3-8-19(20(13-16)27(30)31)26-11-9-25(2)10-12-26/h3-8,13-14H,9-12H2,1-2H3,(H,23,28)(H,24,29). The number of amides is 2. The first-order valence-corrected chi connectivity index (χ1v) is 9.76. The molecule has 1 aliphatic rings. The van der Waals surface area contributed by atoms with E-state index in [-0.39, 0.29) is 11.6 Å². The molecule has 0 aromatic heterocycles. The Balaban J connectivity index is 1.66. The van der Waals surface area contributed by atoms with Gasteiger partial charge in [0.1, 0.15) is 5.69 Å². The van der Waals surface area contributed by atoms with Gasteiger partial charge in [-0.05, 0) is 37.4 Å². The number of nitrogens with one attached hydrogen (secondary N) is 2. The molecule has 1 heterocycles. The summed E-state index contributed by atoms with van der Waals surface area (Å²) in [6.07, 6.45) is 1.37. The molecular weight excluding hydrogens is 400 g/mol. The van der Waals surface area contributed by atoms with Crippen LogP contribution in [0.15, 0.2) is 47.6 Å². The van der Waals surface area contributed by atoms with Crippen molar-refractivity contribution >= 4 is 35.1 Å². The maximum atomic E-state index is 12.2. The van der Waals surface area contributed by atoms with E-state index in [4.69, 9.17) is 0 Å². The lowest BCUT2D eigenvalue weighted by molar-refractivity contribution is -0.384. The number of carbonyl (C=O) groups is 2. The van der Waals surface area contributed by atoms with Crippen molar-refractivity contribution in [1.29, 1.82) is 0 Å². The number of hydrogen-bond donors (Lipinski definition) is 2. The molecule has 10 nitrogen and oxygen atoms in total. The summed E-state index contributed by atoms with van der Waals surface area (Å²) in [5.41, 5.74) is 4.44. The molecule has 1 saturated heterocycles. The number of nitro benzene ring substituents is 1. The Bertz CT molecular complexity index is 997. The van der Waals surface area contributed by atoms with Crippen LogP contribution >= 0.6 is 0 Å². The van der Waals surface area contributed by atoms with Crippen LogP contribution in [0.5, 0.6) is 0 Å². The molecule has 0 radical (unpaired) electrons. The van der Waals surface area contributed by atoms with E-state index in [1.165, 1.54) is 19.2 Å². The van der Waals surface area contributed by atoms with E-state index >= 15 is 0 Å². The van der Waals surface area contributed by atoms with E-state index in [1.54, 1.807) is 36.4 Å². The summed E-state index contributed by atoms with van der Waals surface area (Å²) in [4.78, 5) is 38.6. The van der Waals surface area contributed by atoms with E-state index in [1.807, 2.05) is 11.9 Å². The average Bonchev–Trinajstić information content (AvgIpc) is 2.74. The zero-order valence-electron chi connectivity index (χ0n) is 17.4. The Kier molecular flexibility index (Phi) is 6.93. The highest BCUT2D eigenvalue weighted by Crippen LogP contribution is 2.29. The minimum absolute atomic E-state index is 0.00777. The van der Waals surface area contributed by atoms with Crippen LogP contribution in [0.2, 0.25) is 0 Å². The maximum absolute atomic E-state index is 12.2. The van der Waals surface area contributed by atoms with E-state index < -0.39 is 10.8 Å². The topological polar surface area (TPSA) is 120 Å². The molecule has 0 bridgehead atoms. The summed E-state index contributed by atoms with van der Waals surface area (Å²) in [6, 6.07) is 11.2. The fourth-order valence-corrected chi connectivity index (χ4v) is 3.22. The molecule has 31 heavy (non-hydrogen) atoms. The van der Waals surface area contributed by atoms with Crippen LogP contribution in [-0.2, 0) is 4.79 Å². The van der Waals surface area contributed by atoms with Gasteiger partial charge in [-0.25, -0.2) is 5.43 Å². The molecule has 162 valence electrons. The quantitative estimate of drug-likeness (QED) is 0.416. The second-order valence-electron chi connectivity index (χ2n) is 7.25. The van der Waals surface area contributed by atoms with E-state index in [2.05, 4.69) is 20.7 Å². The minimum Gasteiger partial charge on any atom is -0.363 e. The number of carbonyl (C=O) groups excluding carboxylic acids is 2. The Labute approximate surface area is 179 Å². The average molecular weight is 424 g/mol. The summed E-state index contributed by atoms with van der Waals surface area (Å²) >= 11 is 0. The van der Waals surface area contributed by atoms with Crippen molar-refractivity contribution in [3.63, 3.8) is 0 Å². The lowest BCUT2D eigenvalue weighted by atomic mass is 10.1. The minimum atomic E-state index is -0.436. The molecule has 0 atom stereocenters. The van der Waals surface area contributed by atoms with Crippen LogP contribution in [0.4, 0.5) is 17.1 Å². The summed E-state index contributed by atoms with van der Waals surface area (Å²) < 4.78 is 0. The van der Waals surface area contributed by atoms with E-state index in [0.717, 1.165) is 26.2 Å². The van der Waals surface area contributed by atoms with Crippen LogP contribution in [0.25, 0.3) is 0 Å². The van der Waals surface area contributed by atoms with Gasteiger partial charge in [-0.3, -0.25) is 19.7 Å². The number of hydrazone groups is 1. The van der Waals surface area contributed by atoms with Crippen LogP contribution < -0.4 is 15.6 Å². The van der Waals surface area contributed by atoms with Gasteiger partial charge in [-0.15, -0.1) is 0 Å². The largest absolute Gasteiger partial charge is 0.363 e. The monoisotopic (exact) mass is 424 g/mol. The number of piperazine rings is 1. The molecule has 10 heteroatoms. The molecular formula is C21H24N6O4. The lowest BCUT2D eigenvalue weighted by Gasteiger charge is -2.33. The van der Waals surface area contributed by atoms with Crippen LogP contribution in [0, 0.1) is 10.1 Å². The number of rotatable bonds is 6. The van der Waals surface area contributed by atoms with Crippen molar-refractivity contribution in [2.45, 2.75) is 6.92 Å². The zero-order valence-corrected chi connectivity index (χ0v) is 17.4. The third-order valence-corrected chi connectivity index (χ3v) is 4.89. The second-order valence-corrected chi connectivity index (χ2v) is 7.25. The van der Waals surface area contributed by atoms with Crippen molar-refractivity contribution in [2.75, 3.05) is 43.4 Å². The van der Waals surface area contributed by atoms with Gasteiger partial charge in [0.15, 0.2) is 0 Å². The van der Waals surface area contributed by atoms with Gasteiger partial charge in [0, 0.05) is 56.0 Å². The van der Waals surface area contributed by atoms with Crippen molar-refractivity contribution < 1.29 is 14.5 Å². The molecule has 2 aromatic carbocycles. The Morgan fingerprint density at radius 3 is 2.39 bits per heavy atom. The molecule has 2 N–H and O–H groups in total. The molecule has 3 rings (SSSR count). The van der Waals surface area contributed by atoms with Crippen LogP contribution in [-0.4, -0.2) is 61.1 Å². The Morgan fingerprint density at radius 2 is 1.77 bits per heavy atom. The first-order valence-electron chi connectivity index (χ1n) is 9.76. The highest BCUT2D eigenvalue weighted by Gasteiger charge is 2.22. The molecule has 1 aliphatic heterocycles. The van der Waals surface area contributed by atoms with Gasteiger partial charge in [-0.1, -0.05) is 6.07 Å². The van der Waals surface area contributed by atoms with Crippen LogP contribution in [0.1, 0.15) is 22.8 Å². The molecule has 2 aromatic rings. The van der Waals surface area contributed by atoms with Crippen molar-refractivity contribution in [3.8, 4) is 0 Å². The molecule has 0 saturated carbocycles. The number of anilines is 2. The van der Waals surface area contributed by atoms with E-state index in [9.17, 15) is 19.7 Å². The highest BCUT2D eigenvalue weighted by atomic mass is 16.6. The molecule has 0 spiro atoms. The van der Waals surface area contributed by atoms with Crippen molar-refractivity contribution in [1.82, 2.24) is 10.3 Å². The third kappa shape index (κ3) is 5.86. The Hall–Kier alpha value is -3.79. The zero-order chi connectivity index (χ0) is 22.4. The maximum Gasteiger partial charge on any atom is 0.293 e. The van der Waals surface area contributed by atoms with Gasteiger partial charge in [0.2, 0.25) is 5.91 Å². The first kappa shape index (κ1) is 21.9. The van der Waals surface area contributed by atoms with Gasteiger partial charge < -0.3 is 15.1 Å². The van der Waals surface area contributed by atoms with Crippen molar-refractivity contribution in [2.24, 2.45) is 5.10 Å². The fraction of sp³-hybridized carbons (Fsp3) is 0.286. The number of hydrogen-bond acceptors (Lipinski definition) is 7. The SMILES string of the molecule is CC(=O)Nc1ccc(C(=O)NN=Cc2ccc(N3CCN(C)CC3)c([N+](=O)[O-])c2)cc1. The van der Waals surface area contributed by atoms with Crippen LogP contribution in [0.3, 0.4) is 0 Å². The van der Waals surface area contributed by atoms with Gasteiger partial charge >= 0.3 is 0 Å². The number of nitro groups is 1. The smallest absolute Gasteiger partial charge is 0.293 e. The third-order valence-electron chi connectivity index (χ3n) is 4.89. The van der Waals surface area contributed by atoms with Crippen molar-refractivity contribution in [3.05, 3.63) is 63.7 Å². The number of likely N-dealkylation sites (N-methyl/N-ethyl adjacent to an activating group) is 1. The number of benzene rings is 2. The predicted octanol–water partition coefficient (Wildman–Crippen LogP) is 2.07. The van der Waals surface area contributed by atoms with E-state index in [0.29, 0.717) is 22.5 Å². The summed E-state index contributed by atoms with van der Waals surface area (Å²) in [7, 11) is 2.02. The fourth-order valence-electron chi connectivity index (χ4n) is 3.22. The summed E-state index contributed by atoms with van der Waals surface area (Å²) in [5, 5.41) is 18.1. The molecule has 1 fully saturated rings. The molecule has 0 aliphatic carbocycles. The molecule has 2 amide bonds. The first-order chi connectivity index (χ1) is 14.8. The van der Waals surface area contributed by atoms with Gasteiger partial charge in [0.25, 0.3) is 11.6 Å². The summed E-state index contributed by atoms with van der Waals surface area (Å²) in [6.45, 7) is 4.54. The normalized spacial score (nSPS) is 14.5.